The van der Waals surface area contributed by atoms with Crippen molar-refractivity contribution in [3.05, 3.63) is 75.9 Å². The Morgan fingerprint density at radius 3 is 2.68 bits per heavy atom. The lowest BCUT2D eigenvalue weighted by atomic mass is 10.2. The second kappa shape index (κ2) is 7.61. The number of aryl methyl sites for hydroxylation is 2. The number of rotatable bonds is 5. The molecule has 0 atom stereocenters. The molecule has 3 aromatic heterocycles. The van der Waals surface area contributed by atoms with Gasteiger partial charge in [0.05, 0.1) is 6.54 Å². The summed E-state index contributed by atoms with van der Waals surface area (Å²) in [6.45, 7) is 4.97. The number of nitriles is 1. The van der Waals surface area contributed by atoms with Gasteiger partial charge in [0.2, 0.25) is 0 Å². The van der Waals surface area contributed by atoms with Crippen LogP contribution in [0.2, 0.25) is 0 Å². The molecule has 0 radical (unpaired) electrons. The molecule has 1 aromatic carbocycles. The molecule has 0 bridgehead atoms. The van der Waals surface area contributed by atoms with Crippen molar-refractivity contribution in [1.29, 1.82) is 5.26 Å². The van der Waals surface area contributed by atoms with Crippen LogP contribution in [0.5, 0.6) is 0 Å². The van der Waals surface area contributed by atoms with Crippen molar-refractivity contribution < 1.29 is 0 Å². The Labute approximate surface area is 172 Å². The van der Waals surface area contributed by atoms with Crippen LogP contribution in [0.25, 0.3) is 16.9 Å². The number of benzene rings is 1. The third kappa shape index (κ3) is 3.34. The van der Waals surface area contributed by atoms with E-state index in [0.29, 0.717) is 5.69 Å². The number of nitrogens with zero attached hydrogens (tertiary/aromatic N) is 5. The smallest absolute Gasteiger partial charge is 0.160 e. The molecule has 4 aromatic rings. The zero-order valence-electron chi connectivity index (χ0n) is 15.9. The number of hydrogen-bond donors (Lipinski definition) is 0. The summed E-state index contributed by atoms with van der Waals surface area (Å²) in [5, 5.41) is 9.31. The molecule has 5 nitrogen and oxygen atoms in total. The van der Waals surface area contributed by atoms with E-state index in [0.717, 1.165) is 52.1 Å². The maximum Gasteiger partial charge on any atom is 0.160 e. The summed E-state index contributed by atoms with van der Waals surface area (Å²) < 4.78 is 4.99. The van der Waals surface area contributed by atoms with E-state index < -0.39 is 0 Å². The predicted octanol–water partition coefficient (Wildman–Crippen LogP) is 5.17. The molecule has 0 spiro atoms. The fourth-order valence-electron chi connectivity index (χ4n) is 3.44. The van der Waals surface area contributed by atoms with Crippen molar-refractivity contribution in [1.82, 2.24) is 19.1 Å². The highest BCUT2D eigenvalue weighted by Crippen LogP contribution is 2.22. The van der Waals surface area contributed by atoms with Crippen LogP contribution in [0.1, 0.15) is 36.0 Å². The molecule has 0 saturated heterocycles. The zero-order chi connectivity index (χ0) is 19.7. The molecule has 0 unspecified atom stereocenters. The lowest BCUT2D eigenvalue weighted by molar-refractivity contribution is 0.716. The molecule has 0 N–H and O–H groups in total. The van der Waals surface area contributed by atoms with Crippen molar-refractivity contribution in [3.8, 4) is 11.8 Å². The molecule has 6 heteroatoms. The average molecular weight is 434 g/mol. The van der Waals surface area contributed by atoms with Crippen LogP contribution in [-0.2, 0) is 13.0 Å². The van der Waals surface area contributed by atoms with Crippen LogP contribution in [0.4, 0.5) is 0 Å². The Balaban J connectivity index is 1.69. The van der Waals surface area contributed by atoms with Gasteiger partial charge in [-0.25, -0.2) is 9.97 Å². The van der Waals surface area contributed by atoms with Gasteiger partial charge in [0.25, 0.3) is 0 Å². The number of halogens is 1. The molecule has 0 amide bonds. The predicted molar refractivity (Wildman–Crippen MR) is 114 cm³/mol. The van der Waals surface area contributed by atoms with Crippen LogP contribution in [0.15, 0.2) is 53.3 Å². The zero-order valence-corrected chi connectivity index (χ0v) is 17.4. The van der Waals surface area contributed by atoms with E-state index in [4.69, 9.17) is 4.98 Å². The second-order valence-electron chi connectivity index (χ2n) is 6.86. The molecule has 28 heavy (non-hydrogen) atoms. The first-order valence-corrected chi connectivity index (χ1v) is 10.1. The fraction of sp³-hybridized carbons (Fsp3) is 0.227. The summed E-state index contributed by atoms with van der Waals surface area (Å²) in [6, 6.07) is 14.3. The summed E-state index contributed by atoms with van der Waals surface area (Å²) in [5.74, 6) is 1.07. The van der Waals surface area contributed by atoms with E-state index in [9.17, 15) is 5.26 Å². The minimum atomic E-state index is 0.602. The Hall–Kier alpha value is -2.91. The molecule has 0 fully saturated rings. The van der Waals surface area contributed by atoms with Gasteiger partial charge in [-0.05, 0) is 64.7 Å². The highest BCUT2D eigenvalue weighted by Gasteiger charge is 2.13. The van der Waals surface area contributed by atoms with Crippen molar-refractivity contribution >= 4 is 27.1 Å². The number of imidazole rings is 1. The number of hydrogen-bond acceptors (Lipinski definition) is 3. The largest absolute Gasteiger partial charge is 0.308 e. The lowest BCUT2D eigenvalue weighted by Crippen LogP contribution is -2.06. The van der Waals surface area contributed by atoms with Gasteiger partial charge in [0.15, 0.2) is 5.65 Å². The van der Waals surface area contributed by atoms with Crippen molar-refractivity contribution in [2.45, 2.75) is 33.2 Å². The molecule has 140 valence electrons. The molecule has 4 rings (SSSR count). The van der Waals surface area contributed by atoms with Gasteiger partial charge >= 0.3 is 0 Å². The van der Waals surface area contributed by atoms with Gasteiger partial charge in [-0.3, -0.25) is 0 Å². The van der Waals surface area contributed by atoms with E-state index >= 15 is 0 Å². The number of aromatic nitrogens is 4. The van der Waals surface area contributed by atoms with Crippen molar-refractivity contribution in [2.24, 2.45) is 0 Å². The summed E-state index contributed by atoms with van der Waals surface area (Å²) in [5.41, 5.74) is 5.81. The molecular formula is C22H20BrN5. The van der Waals surface area contributed by atoms with Gasteiger partial charge in [0.1, 0.15) is 23.1 Å². The molecule has 0 aliphatic rings. The third-order valence-corrected chi connectivity index (χ3v) is 5.28. The van der Waals surface area contributed by atoms with Gasteiger partial charge in [0, 0.05) is 29.0 Å². The Bertz CT molecular complexity index is 1180. The molecule has 0 aliphatic carbocycles. The van der Waals surface area contributed by atoms with Crippen LogP contribution in [0.3, 0.4) is 0 Å². The standard InChI is InChI=1S/C22H20BrN5/c1-3-4-20-26-21-15(2)9-10-25-22(21)28(20)13-16-5-7-18(8-6-16)27-14-17(23)11-19(27)12-24/h5-11,14H,3-4,13H2,1-2H3. The summed E-state index contributed by atoms with van der Waals surface area (Å²) in [4.78, 5) is 9.43. The SMILES string of the molecule is CCCc1nc2c(C)ccnc2n1Cc1ccc(-n2cc(Br)cc2C#N)cc1. The first-order chi connectivity index (χ1) is 13.6. The van der Waals surface area contributed by atoms with E-state index in [1.807, 2.05) is 41.2 Å². The van der Waals surface area contributed by atoms with Crippen molar-refractivity contribution in [3.63, 3.8) is 0 Å². The van der Waals surface area contributed by atoms with Crippen LogP contribution < -0.4 is 0 Å². The molecular weight excluding hydrogens is 414 g/mol. The van der Waals surface area contributed by atoms with Crippen LogP contribution >= 0.6 is 15.9 Å². The van der Waals surface area contributed by atoms with Crippen molar-refractivity contribution in [2.75, 3.05) is 0 Å². The Kier molecular flexibility index (Phi) is 5.01. The van der Waals surface area contributed by atoms with E-state index in [1.165, 1.54) is 5.56 Å². The molecule has 0 aliphatic heterocycles. The van der Waals surface area contributed by atoms with Gasteiger partial charge < -0.3 is 9.13 Å². The van der Waals surface area contributed by atoms with E-state index in [1.54, 1.807) is 0 Å². The highest BCUT2D eigenvalue weighted by atomic mass is 79.9. The van der Waals surface area contributed by atoms with E-state index in [-0.39, 0.29) is 0 Å². The minimum Gasteiger partial charge on any atom is -0.308 e. The van der Waals surface area contributed by atoms with Gasteiger partial charge in [-0.2, -0.15) is 5.26 Å². The highest BCUT2D eigenvalue weighted by molar-refractivity contribution is 9.10. The topological polar surface area (TPSA) is 59.4 Å². The molecule has 0 saturated carbocycles. The first kappa shape index (κ1) is 18.5. The monoisotopic (exact) mass is 433 g/mol. The van der Waals surface area contributed by atoms with E-state index in [2.05, 4.69) is 57.5 Å². The quantitative estimate of drug-likeness (QED) is 0.436. The van der Waals surface area contributed by atoms with Gasteiger partial charge in [-0.15, -0.1) is 0 Å². The maximum absolute atomic E-state index is 9.31. The third-order valence-electron chi connectivity index (χ3n) is 4.84. The Morgan fingerprint density at radius 2 is 1.96 bits per heavy atom. The van der Waals surface area contributed by atoms with Crippen LogP contribution in [-0.4, -0.2) is 19.1 Å². The number of fused-ring (bicyclic) bond motifs is 1. The normalized spacial score (nSPS) is 11.1. The Morgan fingerprint density at radius 1 is 1.18 bits per heavy atom. The second-order valence-corrected chi connectivity index (χ2v) is 7.77. The van der Waals surface area contributed by atoms with Crippen LogP contribution in [0, 0.1) is 18.3 Å². The first-order valence-electron chi connectivity index (χ1n) is 9.28. The fourth-order valence-corrected chi connectivity index (χ4v) is 3.86. The minimum absolute atomic E-state index is 0.602. The van der Waals surface area contributed by atoms with Gasteiger partial charge in [-0.1, -0.05) is 19.1 Å². The summed E-state index contributed by atoms with van der Waals surface area (Å²) >= 11 is 3.44. The summed E-state index contributed by atoms with van der Waals surface area (Å²) in [6.07, 6.45) is 5.72. The average Bonchev–Trinajstić information content (AvgIpc) is 3.24. The number of pyridine rings is 1. The maximum atomic E-state index is 9.31. The molecule has 3 heterocycles. The summed E-state index contributed by atoms with van der Waals surface area (Å²) in [7, 11) is 0. The lowest BCUT2D eigenvalue weighted by Gasteiger charge is -2.10.